The largest absolute Gasteiger partial charge is 0.395 e. The molecule has 0 heterocycles. The second-order valence-electron chi connectivity index (χ2n) is 5.67. The average Bonchev–Trinajstić information content (AvgIpc) is 2.33. The van der Waals surface area contributed by atoms with E-state index in [2.05, 4.69) is 6.92 Å². The van der Waals surface area contributed by atoms with E-state index in [-0.39, 0.29) is 31.7 Å². The summed E-state index contributed by atoms with van der Waals surface area (Å²) in [6, 6.07) is 0. The monoisotopic (exact) mass is 279 g/mol. The van der Waals surface area contributed by atoms with E-state index in [9.17, 15) is 13.9 Å². The Kier molecular flexibility index (Phi) is 7.80. The van der Waals surface area contributed by atoms with Crippen molar-refractivity contribution in [2.75, 3.05) is 26.2 Å². The number of rotatable bonds is 8. The van der Waals surface area contributed by atoms with E-state index in [1.807, 2.05) is 0 Å². The molecule has 0 saturated heterocycles. The van der Waals surface area contributed by atoms with Crippen LogP contribution in [0.25, 0.3) is 0 Å². The van der Waals surface area contributed by atoms with Gasteiger partial charge in [0.25, 0.3) is 6.43 Å². The van der Waals surface area contributed by atoms with Crippen LogP contribution < -0.4 is 0 Å². The number of hydrogen-bond donors (Lipinski definition) is 2. The van der Waals surface area contributed by atoms with Gasteiger partial charge in [0.1, 0.15) is 0 Å². The summed E-state index contributed by atoms with van der Waals surface area (Å²) in [7, 11) is 0. The summed E-state index contributed by atoms with van der Waals surface area (Å²) < 4.78 is 24.9. The highest BCUT2D eigenvalue weighted by Crippen LogP contribution is 2.32. The Morgan fingerprint density at radius 2 is 2.05 bits per heavy atom. The van der Waals surface area contributed by atoms with Gasteiger partial charge in [-0.2, -0.15) is 0 Å². The van der Waals surface area contributed by atoms with Gasteiger partial charge in [-0.3, -0.25) is 4.90 Å². The number of aliphatic hydroxyl groups is 2. The van der Waals surface area contributed by atoms with Crippen LogP contribution in [0.15, 0.2) is 0 Å². The van der Waals surface area contributed by atoms with Crippen LogP contribution in [-0.2, 0) is 0 Å². The predicted molar refractivity (Wildman–Crippen MR) is 71.3 cm³/mol. The lowest BCUT2D eigenvalue weighted by molar-refractivity contribution is 0.00749. The minimum Gasteiger partial charge on any atom is -0.395 e. The Morgan fingerprint density at radius 3 is 2.63 bits per heavy atom. The van der Waals surface area contributed by atoms with Gasteiger partial charge >= 0.3 is 0 Å². The third kappa shape index (κ3) is 6.15. The van der Waals surface area contributed by atoms with Crippen molar-refractivity contribution in [2.45, 2.75) is 51.6 Å². The lowest BCUT2D eigenvalue weighted by Crippen LogP contribution is -2.41. The summed E-state index contributed by atoms with van der Waals surface area (Å²) in [4.78, 5) is 1.58. The first-order chi connectivity index (χ1) is 9.06. The standard InChI is InChI=1S/C14H27F2NO2/c1-2-3-11-4-5-13(19)12(8-11)9-17(6-7-18)10-14(15)16/h11-14,18-19H,2-10H2,1H3. The maximum atomic E-state index is 12.5. The molecule has 0 aromatic heterocycles. The normalized spacial score (nSPS) is 28.3. The van der Waals surface area contributed by atoms with Crippen LogP contribution in [0.2, 0.25) is 0 Å². The van der Waals surface area contributed by atoms with Gasteiger partial charge in [0.05, 0.1) is 19.3 Å². The Morgan fingerprint density at radius 1 is 1.32 bits per heavy atom. The molecule has 1 aliphatic rings. The van der Waals surface area contributed by atoms with E-state index >= 15 is 0 Å². The summed E-state index contributed by atoms with van der Waals surface area (Å²) in [6.07, 6.45) is 2.24. The third-order valence-corrected chi connectivity index (χ3v) is 4.05. The zero-order valence-electron chi connectivity index (χ0n) is 11.8. The highest BCUT2D eigenvalue weighted by molar-refractivity contribution is 4.82. The van der Waals surface area contributed by atoms with E-state index in [0.29, 0.717) is 12.5 Å². The molecule has 0 amide bonds. The molecule has 19 heavy (non-hydrogen) atoms. The van der Waals surface area contributed by atoms with Crippen LogP contribution in [0.5, 0.6) is 0 Å². The van der Waals surface area contributed by atoms with Crippen molar-refractivity contribution >= 4 is 0 Å². The van der Waals surface area contributed by atoms with Crippen molar-refractivity contribution in [1.29, 1.82) is 0 Å². The topological polar surface area (TPSA) is 43.7 Å². The molecule has 3 nitrogen and oxygen atoms in total. The summed E-state index contributed by atoms with van der Waals surface area (Å²) in [5, 5.41) is 19.0. The molecule has 114 valence electrons. The molecule has 3 atom stereocenters. The number of halogens is 2. The van der Waals surface area contributed by atoms with Gasteiger partial charge in [-0.05, 0) is 31.1 Å². The summed E-state index contributed by atoms with van der Waals surface area (Å²) >= 11 is 0. The first kappa shape index (κ1) is 16.8. The second-order valence-corrected chi connectivity index (χ2v) is 5.67. The van der Waals surface area contributed by atoms with E-state index in [1.165, 1.54) is 0 Å². The van der Waals surface area contributed by atoms with Gasteiger partial charge in [-0.1, -0.05) is 19.8 Å². The van der Waals surface area contributed by atoms with Crippen molar-refractivity contribution in [3.8, 4) is 0 Å². The van der Waals surface area contributed by atoms with Crippen LogP contribution in [0.3, 0.4) is 0 Å². The number of aliphatic hydroxyl groups excluding tert-OH is 2. The molecule has 5 heteroatoms. The van der Waals surface area contributed by atoms with Crippen molar-refractivity contribution in [1.82, 2.24) is 4.90 Å². The first-order valence-corrected chi connectivity index (χ1v) is 7.36. The van der Waals surface area contributed by atoms with Gasteiger partial charge in [0.2, 0.25) is 0 Å². The fraction of sp³-hybridized carbons (Fsp3) is 1.00. The van der Waals surface area contributed by atoms with Gasteiger partial charge in [-0.25, -0.2) is 8.78 Å². The van der Waals surface area contributed by atoms with Crippen molar-refractivity contribution < 1.29 is 19.0 Å². The van der Waals surface area contributed by atoms with E-state index in [0.717, 1.165) is 32.1 Å². The summed E-state index contributed by atoms with van der Waals surface area (Å²) in [6.45, 7) is 2.43. The number of hydrogen-bond acceptors (Lipinski definition) is 3. The summed E-state index contributed by atoms with van der Waals surface area (Å²) in [5.41, 5.74) is 0. The zero-order valence-corrected chi connectivity index (χ0v) is 11.8. The van der Waals surface area contributed by atoms with Crippen molar-refractivity contribution in [2.24, 2.45) is 11.8 Å². The fourth-order valence-corrected chi connectivity index (χ4v) is 3.14. The van der Waals surface area contributed by atoms with Crippen LogP contribution >= 0.6 is 0 Å². The molecular weight excluding hydrogens is 252 g/mol. The lowest BCUT2D eigenvalue weighted by Gasteiger charge is -2.36. The van der Waals surface area contributed by atoms with Crippen LogP contribution in [0.1, 0.15) is 39.0 Å². The van der Waals surface area contributed by atoms with Gasteiger partial charge in [-0.15, -0.1) is 0 Å². The average molecular weight is 279 g/mol. The molecule has 1 saturated carbocycles. The van der Waals surface area contributed by atoms with Gasteiger partial charge in [0.15, 0.2) is 0 Å². The quantitative estimate of drug-likeness (QED) is 0.715. The smallest absolute Gasteiger partial charge is 0.251 e. The minimum atomic E-state index is -2.39. The molecule has 0 aromatic carbocycles. The third-order valence-electron chi connectivity index (χ3n) is 4.05. The highest BCUT2D eigenvalue weighted by Gasteiger charge is 2.30. The van der Waals surface area contributed by atoms with Crippen molar-refractivity contribution in [3.63, 3.8) is 0 Å². The highest BCUT2D eigenvalue weighted by atomic mass is 19.3. The Labute approximate surface area is 114 Å². The minimum absolute atomic E-state index is 0.0654. The number of alkyl halides is 2. The van der Waals surface area contributed by atoms with E-state index in [1.54, 1.807) is 4.90 Å². The van der Waals surface area contributed by atoms with Gasteiger partial charge in [0, 0.05) is 13.1 Å². The Bertz CT molecular complexity index is 241. The molecule has 0 spiro atoms. The zero-order chi connectivity index (χ0) is 14.3. The van der Waals surface area contributed by atoms with Crippen molar-refractivity contribution in [3.05, 3.63) is 0 Å². The molecule has 0 bridgehead atoms. The maximum absolute atomic E-state index is 12.5. The molecule has 2 N–H and O–H groups in total. The molecular formula is C14H27F2NO2. The van der Waals surface area contributed by atoms with Crippen LogP contribution in [-0.4, -0.2) is 53.9 Å². The molecule has 3 unspecified atom stereocenters. The fourth-order valence-electron chi connectivity index (χ4n) is 3.14. The molecule has 1 fully saturated rings. The van der Waals surface area contributed by atoms with Crippen LogP contribution in [0.4, 0.5) is 8.78 Å². The predicted octanol–water partition coefficient (Wildman–Crippen LogP) is 2.12. The number of nitrogens with zero attached hydrogens (tertiary/aromatic N) is 1. The first-order valence-electron chi connectivity index (χ1n) is 7.36. The Hall–Kier alpha value is -0.260. The van der Waals surface area contributed by atoms with E-state index < -0.39 is 6.43 Å². The van der Waals surface area contributed by atoms with Crippen LogP contribution in [0, 0.1) is 11.8 Å². The molecule has 0 radical (unpaired) electrons. The summed E-state index contributed by atoms with van der Waals surface area (Å²) in [5.74, 6) is 0.677. The van der Waals surface area contributed by atoms with Gasteiger partial charge < -0.3 is 10.2 Å². The van der Waals surface area contributed by atoms with E-state index in [4.69, 9.17) is 5.11 Å². The lowest BCUT2D eigenvalue weighted by atomic mass is 9.77. The molecule has 0 aromatic rings. The molecule has 1 aliphatic carbocycles. The molecule has 0 aliphatic heterocycles. The SMILES string of the molecule is CCCC1CCC(O)C(CN(CCO)CC(F)F)C1. The maximum Gasteiger partial charge on any atom is 0.251 e. The Balaban J connectivity index is 2.49. The second kappa shape index (κ2) is 8.82. The molecule has 1 rings (SSSR count).